The van der Waals surface area contributed by atoms with Gasteiger partial charge in [0.1, 0.15) is 6.33 Å². The Morgan fingerprint density at radius 3 is 2.10 bits per heavy atom. The molecule has 39 heavy (non-hydrogen) atoms. The first kappa shape index (κ1) is 26.2. The summed E-state index contributed by atoms with van der Waals surface area (Å²) in [5, 5.41) is 6.36. The number of pyridine rings is 1. The monoisotopic (exact) mass is 526 g/mol. The molecule has 0 bridgehead atoms. The second-order valence-corrected chi connectivity index (χ2v) is 9.51. The molecular formula is C28H34N10O. The summed E-state index contributed by atoms with van der Waals surface area (Å²) in [4.78, 5) is 40.3. The SMILES string of the molecule is C1CCNCC1.O=c1ccc(Nc2ncnc(N3CCN(c4ncc(Cc5ccccc5)cn4)CC3)n2)c[nH]1. The quantitative estimate of drug-likeness (QED) is 0.345. The molecule has 0 aliphatic carbocycles. The second-order valence-electron chi connectivity index (χ2n) is 9.51. The summed E-state index contributed by atoms with van der Waals surface area (Å²) in [5.41, 5.74) is 2.87. The number of hydrogen-bond donors (Lipinski definition) is 3. The lowest BCUT2D eigenvalue weighted by molar-refractivity contribution is 0.520. The number of benzene rings is 1. The number of anilines is 4. The largest absolute Gasteiger partial charge is 0.337 e. The van der Waals surface area contributed by atoms with Gasteiger partial charge in [0.2, 0.25) is 23.4 Å². The zero-order valence-electron chi connectivity index (χ0n) is 22.0. The van der Waals surface area contributed by atoms with Gasteiger partial charge in [-0.3, -0.25) is 4.79 Å². The minimum Gasteiger partial charge on any atom is -0.337 e. The first-order valence-corrected chi connectivity index (χ1v) is 13.4. The molecule has 0 radical (unpaired) electrons. The molecule has 2 aliphatic rings. The van der Waals surface area contributed by atoms with Crippen LogP contribution in [0.2, 0.25) is 0 Å². The molecule has 2 fully saturated rings. The number of piperazine rings is 1. The van der Waals surface area contributed by atoms with Crippen LogP contribution >= 0.6 is 0 Å². The standard InChI is InChI=1S/C23H23N9O.C5H11N/c33-20-7-6-19(15-24-20)29-21-27-16-28-23(30-21)32-10-8-31(9-11-32)22-25-13-18(14-26-22)12-17-4-2-1-3-5-17;1-2-4-6-5-3-1/h1-7,13-16H,8-12H2,(H,24,33)(H,27,28,29,30);6H,1-5H2. The van der Waals surface area contributed by atoms with Gasteiger partial charge in [0, 0.05) is 57.3 Å². The van der Waals surface area contributed by atoms with E-state index in [0.717, 1.165) is 44.1 Å². The third-order valence-electron chi connectivity index (χ3n) is 6.59. The van der Waals surface area contributed by atoms with Gasteiger partial charge in [-0.2, -0.15) is 4.98 Å². The molecule has 0 atom stereocenters. The fourth-order valence-electron chi connectivity index (χ4n) is 4.46. The smallest absolute Gasteiger partial charge is 0.248 e. The van der Waals surface area contributed by atoms with Gasteiger partial charge in [0.05, 0.1) is 5.69 Å². The van der Waals surface area contributed by atoms with E-state index >= 15 is 0 Å². The number of piperidine rings is 1. The molecule has 6 rings (SSSR count). The Morgan fingerprint density at radius 1 is 0.769 bits per heavy atom. The number of hydrogen-bond acceptors (Lipinski definition) is 10. The van der Waals surface area contributed by atoms with Gasteiger partial charge in [-0.25, -0.2) is 19.9 Å². The van der Waals surface area contributed by atoms with Crippen molar-refractivity contribution in [3.8, 4) is 0 Å². The van der Waals surface area contributed by atoms with Gasteiger partial charge in [0.15, 0.2) is 0 Å². The predicted octanol–water partition coefficient (Wildman–Crippen LogP) is 2.77. The van der Waals surface area contributed by atoms with Crippen molar-refractivity contribution in [1.29, 1.82) is 0 Å². The molecule has 11 nitrogen and oxygen atoms in total. The van der Waals surface area contributed by atoms with E-state index in [1.54, 1.807) is 12.3 Å². The van der Waals surface area contributed by atoms with Crippen LogP contribution in [0.1, 0.15) is 30.4 Å². The Bertz CT molecular complexity index is 1320. The van der Waals surface area contributed by atoms with Crippen molar-refractivity contribution in [1.82, 2.24) is 35.2 Å². The molecule has 3 aromatic heterocycles. The van der Waals surface area contributed by atoms with Crippen molar-refractivity contribution >= 4 is 23.5 Å². The molecule has 11 heteroatoms. The number of nitrogens with zero attached hydrogens (tertiary/aromatic N) is 7. The van der Waals surface area contributed by atoms with E-state index in [4.69, 9.17) is 0 Å². The number of nitrogens with one attached hydrogen (secondary N) is 3. The lowest BCUT2D eigenvalue weighted by atomic mass is 10.1. The van der Waals surface area contributed by atoms with Crippen molar-refractivity contribution in [3.05, 3.63) is 88.9 Å². The summed E-state index contributed by atoms with van der Waals surface area (Å²) in [6.45, 7) is 5.53. The van der Waals surface area contributed by atoms with E-state index in [0.29, 0.717) is 17.6 Å². The van der Waals surface area contributed by atoms with Crippen LogP contribution in [0.3, 0.4) is 0 Å². The average Bonchev–Trinajstić information content (AvgIpc) is 3.01. The zero-order valence-corrected chi connectivity index (χ0v) is 22.0. The molecule has 3 N–H and O–H groups in total. The summed E-state index contributed by atoms with van der Waals surface area (Å²) in [5.74, 6) is 1.77. The normalized spacial score (nSPS) is 15.3. The fraction of sp³-hybridized carbons (Fsp3) is 0.357. The number of aromatic amines is 1. The van der Waals surface area contributed by atoms with Crippen LogP contribution in [-0.2, 0) is 6.42 Å². The van der Waals surface area contributed by atoms with E-state index < -0.39 is 0 Å². The summed E-state index contributed by atoms with van der Waals surface area (Å²) in [7, 11) is 0. The van der Waals surface area contributed by atoms with E-state index in [1.165, 1.54) is 50.3 Å². The highest BCUT2D eigenvalue weighted by atomic mass is 16.1. The van der Waals surface area contributed by atoms with Gasteiger partial charge in [0.25, 0.3) is 0 Å². The Hall–Kier alpha value is -4.38. The minimum absolute atomic E-state index is 0.162. The summed E-state index contributed by atoms with van der Waals surface area (Å²) in [6.07, 6.45) is 11.9. The number of aromatic nitrogens is 6. The van der Waals surface area contributed by atoms with Crippen molar-refractivity contribution in [3.63, 3.8) is 0 Å². The number of rotatable bonds is 6. The Morgan fingerprint density at radius 2 is 1.49 bits per heavy atom. The number of H-pyrrole nitrogens is 1. The molecule has 0 amide bonds. The van der Waals surface area contributed by atoms with Crippen LogP contribution in [0.15, 0.2) is 72.2 Å². The van der Waals surface area contributed by atoms with Crippen LogP contribution in [0, 0.1) is 0 Å². The first-order valence-electron chi connectivity index (χ1n) is 13.4. The van der Waals surface area contributed by atoms with E-state index in [-0.39, 0.29) is 5.56 Å². The summed E-state index contributed by atoms with van der Waals surface area (Å²) >= 11 is 0. The lowest BCUT2D eigenvalue weighted by Crippen LogP contribution is -2.47. The highest BCUT2D eigenvalue weighted by Gasteiger charge is 2.21. The van der Waals surface area contributed by atoms with Gasteiger partial charge >= 0.3 is 0 Å². The van der Waals surface area contributed by atoms with Crippen LogP contribution in [0.5, 0.6) is 0 Å². The van der Waals surface area contributed by atoms with Crippen molar-refractivity contribution in [2.45, 2.75) is 25.7 Å². The molecular weight excluding hydrogens is 492 g/mol. The maximum absolute atomic E-state index is 11.2. The maximum Gasteiger partial charge on any atom is 0.248 e. The molecule has 4 aromatic rings. The Kier molecular flexibility index (Phi) is 9.03. The van der Waals surface area contributed by atoms with Gasteiger partial charge in [-0.05, 0) is 43.1 Å². The third-order valence-corrected chi connectivity index (χ3v) is 6.59. The van der Waals surface area contributed by atoms with Crippen LogP contribution in [0.4, 0.5) is 23.5 Å². The molecule has 2 saturated heterocycles. The van der Waals surface area contributed by atoms with Crippen LogP contribution in [0.25, 0.3) is 0 Å². The molecule has 2 aliphatic heterocycles. The average molecular weight is 527 g/mol. The summed E-state index contributed by atoms with van der Waals surface area (Å²) in [6, 6.07) is 13.4. The van der Waals surface area contributed by atoms with E-state index in [1.807, 2.05) is 30.6 Å². The highest BCUT2D eigenvalue weighted by Crippen LogP contribution is 2.17. The van der Waals surface area contributed by atoms with Crippen LogP contribution < -0.4 is 26.0 Å². The molecule has 0 spiro atoms. The van der Waals surface area contributed by atoms with Crippen LogP contribution in [-0.4, -0.2) is 69.2 Å². The molecule has 1 aromatic carbocycles. The maximum atomic E-state index is 11.2. The lowest BCUT2D eigenvalue weighted by Gasteiger charge is -2.34. The van der Waals surface area contributed by atoms with Crippen molar-refractivity contribution in [2.75, 3.05) is 54.4 Å². The van der Waals surface area contributed by atoms with E-state index in [2.05, 4.69) is 62.5 Å². The van der Waals surface area contributed by atoms with Crippen molar-refractivity contribution in [2.24, 2.45) is 0 Å². The van der Waals surface area contributed by atoms with Gasteiger partial charge in [-0.15, -0.1) is 0 Å². The van der Waals surface area contributed by atoms with Gasteiger partial charge in [-0.1, -0.05) is 36.8 Å². The minimum atomic E-state index is -0.162. The topological polar surface area (TPSA) is 128 Å². The van der Waals surface area contributed by atoms with Gasteiger partial charge < -0.3 is 25.4 Å². The third kappa shape index (κ3) is 7.81. The molecule has 0 unspecified atom stereocenters. The summed E-state index contributed by atoms with van der Waals surface area (Å²) < 4.78 is 0. The zero-order chi connectivity index (χ0) is 26.7. The van der Waals surface area contributed by atoms with Crippen molar-refractivity contribution < 1.29 is 0 Å². The molecule has 0 saturated carbocycles. The second kappa shape index (κ2) is 13.4. The first-order chi connectivity index (χ1) is 19.2. The Balaban J connectivity index is 0.000000455. The Labute approximate surface area is 227 Å². The predicted molar refractivity (Wildman–Crippen MR) is 153 cm³/mol. The fourth-order valence-corrected chi connectivity index (χ4v) is 4.46. The highest BCUT2D eigenvalue weighted by molar-refractivity contribution is 5.52. The molecule has 5 heterocycles. The molecule has 202 valence electrons. The van der Waals surface area contributed by atoms with E-state index in [9.17, 15) is 4.79 Å².